The molecular formula is C11H23N2O5+. The van der Waals surface area contributed by atoms with Gasteiger partial charge in [0.25, 0.3) is 0 Å². The van der Waals surface area contributed by atoms with Crippen LogP contribution in [0.25, 0.3) is 0 Å². The minimum absolute atomic E-state index is 0.0346. The first kappa shape index (κ1) is 16.8. The Bertz CT molecular complexity index is 288. The van der Waals surface area contributed by atoms with Crippen LogP contribution in [0.1, 0.15) is 6.92 Å². The number of carbonyl (C=O) groups excluding carboxylic acids is 1. The molecular weight excluding hydrogens is 240 g/mol. The Balaban J connectivity index is 4.60. The van der Waals surface area contributed by atoms with Gasteiger partial charge in [-0.2, -0.15) is 0 Å². The molecule has 106 valence electrons. The number of likely N-dealkylation sites (N-methyl/N-ethyl adjacent to an activating group) is 1. The topological polar surface area (TPSA) is 84.9 Å². The summed E-state index contributed by atoms with van der Waals surface area (Å²) in [5, 5.41) is 11.9. The third kappa shape index (κ3) is 7.21. The maximum Gasteiger partial charge on any atom is 0.334 e. The lowest BCUT2D eigenvalue weighted by atomic mass is 10.1. The van der Waals surface area contributed by atoms with E-state index >= 15 is 0 Å². The Labute approximate surface area is 107 Å². The van der Waals surface area contributed by atoms with Crippen molar-refractivity contribution >= 4 is 11.9 Å². The van der Waals surface area contributed by atoms with Gasteiger partial charge < -0.3 is 19.1 Å². The van der Waals surface area contributed by atoms with Gasteiger partial charge in [0.05, 0.1) is 33.7 Å². The summed E-state index contributed by atoms with van der Waals surface area (Å²) in [7, 11) is 7.16. The third-order valence-corrected chi connectivity index (χ3v) is 2.23. The van der Waals surface area contributed by atoms with Crippen LogP contribution in [0.5, 0.6) is 0 Å². The number of ether oxygens (including phenoxy) is 2. The van der Waals surface area contributed by atoms with Crippen molar-refractivity contribution in [3.05, 3.63) is 0 Å². The van der Waals surface area contributed by atoms with Crippen molar-refractivity contribution in [1.82, 2.24) is 5.32 Å². The van der Waals surface area contributed by atoms with E-state index in [9.17, 15) is 9.59 Å². The van der Waals surface area contributed by atoms with E-state index in [0.717, 1.165) is 0 Å². The molecule has 0 aliphatic heterocycles. The smallest absolute Gasteiger partial charge is 0.334 e. The monoisotopic (exact) mass is 263 g/mol. The first-order valence-electron chi connectivity index (χ1n) is 5.60. The summed E-state index contributed by atoms with van der Waals surface area (Å²) in [5.74, 6) is -1.47. The van der Waals surface area contributed by atoms with Crippen LogP contribution in [-0.2, 0) is 19.1 Å². The minimum atomic E-state index is -1.05. The second kappa shape index (κ2) is 7.30. The van der Waals surface area contributed by atoms with Gasteiger partial charge in [-0.3, -0.25) is 10.1 Å². The van der Waals surface area contributed by atoms with E-state index in [4.69, 9.17) is 14.6 Å². The van der Waals surface area contributed by atoms with E-state index in [1.807, 2.05) is 21.1 Å². The Morgan fingerprint density at radius 2 is 1.89 bits per heavy atom. The zero-order valence-corrected chi connectivity index (χ0v) is 11.6. The lowest BCUT2D eigenvalue weighted by Crippen LogP contribution is -2.55. The van der Waals surface area contributed by atoms with Gasteiger partial charge >= 0.3 is 11.9 Å². The van der Waals surface area contributed by atoms with Gasteiger partial charge in [0.2, 0.25) is 0 Å². The quantitative estimate of drug-likeness (QED) is 0.341. The molecule has 0 aliphatic carbocycles. The van der Waals surface area contributed by atoms with E-state index in [-0.39, 0.29) is 6.73 Å². The molecule has 7 heteroatoms. The number of quaternary nitrogens is 1. The van der Waals surface area contributed by atoms with Crippen LogP contribution < -0.4 is 5.32 Å². The highest BCUT2D eigenvalue weighted by Crippen LogP contribution is 2.04. The molecule has 0 aromatic heterocycles. The van der Waals surface area contributed by atoms with Crippen LogP contribution in [0.15, 0.2) is 0 Å². The lowest BCUT2D eigenvalue weighted by molar-refractivity contribution is -0.871. The fraction of sp³-hybridized carbons (Fsp3) is 0.818. The highest BCUT2D eigenvalue weighted by Gasteiger charge is 2.32. The first-order chi connectivity index (χ1) is 8.17. The minimum Gasteiger partial charge on any atom is -0.479 e. The van der Waals surface area contributed by atoms with Crippen molar-refractivity contribution in [3.8, 4) is 0 Å². The van der Waals surface area contributed by atoms with Crippen LogP contribution in [0.2, 0.25) is 0 Å². The molecule has 0 aromatic rings. The third-order valence-electron chi connectivity index (χ3n) is 2.23. The molecule has 0 spiro atoms. The van der Waals surface area contributed by atoms with E-state index in [1.165, 1.54) is 14.0 Å². The van der Waals surface area contributed by atoms with Gasteiger partial charge in [-0.15, -0.1) is 0 Å². The zero-order chi connectivity index (χ0) is 14.3. The van der Waals surface area contributed by atoms with Crippen molar-refractivity contribution in [2.75, 3.05) is 41.5 Å². The molecule has 0 aromatic carbocycles. The highest BCUT2D eigenvalue weighted by atomic mass is 16.5. The van der Waals surface area contributed by atoms with Gasteiger partial charge in [-0.1, -0.05) is 0 Å². The Kier molecular flexibility index (Phi) is 6.82. The van der Waals surface area contributed by atoms with Gasteiger partial charge in [0.15, 0.2) is 6.10 Å². The predicted octanol–water partition coefficient (Wildman–Crippen LogP) is -0.729. The second-order valence-electron chi connectivity index (χ2n) is 5.06. The maximum absolute atomic E-state index is 11.1. The number of hydrogen-bond acceptors (Lipinski definition) is 5. The molecule has 2 atom stereocenters. The van der Waals surface area contributed by atoms with Crippen molar-refractivity contribution in [2.45, 2.75) is 19.1 Å². The number of carboxylic acids is 1. The van der Waals surface area contributed by atoms with Gasteiger partial charge in [-0.25, -0.2) is 4.79 Å². The summed E-state index contributed by atoms with van der Waals surface area (Å²) in [4.78, 5) is 21.7. The van der Waals surface area contributed by atoms with Crippen LogP contribution in [0.4, 0.5) is 0 Å². The number of esters is 1. The first-order valence-corrected chi connectivity index (χ1v) is 5.60. The molecule has 0 bridgehead atoms. The average Bonchev–Trinajstić information content (AvgIpc) is 2.14. The van der Waals surface area contributed by atoms with Crippen molar-refractivity contribution < 1.29 is 28.7 Å². The molecule has 7 nitrogen and oxygen atoms in total. The molecule has 18 heavy (non-hydrogen) atoms. The Morgan fingerprint density at radius 1 is 1.33 bits per heavy atom. The number of hydrogen-bond donors (Lipinski definition) is 2. The summed E-state index contributed by atoms with van der Waals surface area (Å²) in [6.07, 6.45) is -0.988. The number of carbonyl (C=O) groups is 2. The summed E-state index contributed by atoms with van der Waals surface area (Å²) < 4.78 is 10.3. The van der Waals surface area contributed by atoms with Gasteiger partial charge in [0, 0.05) is 14.0 Å². The van der Waals surface area contributed by atoms with Crippen molar-refractivity contribution in [1.29, 1.82) is 0 Å². The fourth-order valence-corrected chi connectivity index (χ4v) is 1.54. The van der Waals surface area contributed by atoms with E-state index in [2.05, 4.69) is 5.32 Å². The zero-order valence-electron chi connectivity index (χ0n) is 11.6. The average molecular weight is 263 g/mol. The Morgan fingerprint density at radius 3 is 2.22 bits per heavy atom. The number of carboxylic acid groups (broad SMARTS) is 1. The number of nitrogens with zero attached hydrogens (tertiary/aromatic N) is 1. The summed E-state index contributed by atoms with van der Waals surface area (Å²) >= 11 is 0. The van der Waals surface area contributed by atoms with Crippen LogP contribution in [0, 0.1) is 0 Å². The Hall–Kier alpha value is -1.18. The predicted molar refractivity (Wildman–Crippen MR) is 64.9 cm³/mol. The number of nitrogens with one attached hydrogen (secondary N) is 1. The molecule has 0 amide bonds. The van der Waals surface area contributed by atoms with E-state index in [1.54, 1.807) is 0 Å². The van der Waals surface area contributed by atoms with Gasteiger partial charge in [0.1, 0.15) is 6.73 Å². The number of rotatable bonds is 8. The molecule has 0 radical (unpaired) electrons. The largest absolute Gasteiger partial charge is 0.479 e. The van der Waals surface area contributed by atoms with Crippen LogP contribution >= 0.6 is 0 Å². The summed E-state index contributed by atoms with van der Waals surface area (Å²) in [5.41, 5.74) is 0. The van der Waals surface area contributed by atoms with Crippen molar-refractivity contribution in [2.24, 2.45) is 0 Å². The van der Waals surface area contributed by atoms with Crippen LogP contribution in [-0.4, -0.2) is 75.2 Å². The molecule has 2 N–H and O–H groups in total. The molecule has 0 rings (SSSR count). The summed E-state index contributed by atoms with van der Waals surface area (Å²) in [6.45, 7) is 1.78. The van der Waals surface area contributed by atoms with Crippen LogP contribution in [0.3, 0.4) is 0 Å². The fourth-order valence-electron chi connectivity index (χ4n) is 1.54. The summed E-state index contributed by atoms with van der Waals surface area (Å²) in [6, 6.07) is -0.452. The maximum atomic E-state index is 11.1. The van der Waals surface area contributed by atoms with Gasteiger partial charge in [-0.05, 0) is 0 Å². The van der Waals surface area contributed by atoms with E-state index in [0.29, 0.717) is 11.0 Å². The molecule has 0 aliphatic rings. The normalized spacial score (nSPS) is 14.9. The number of aliphatic carboxylic acids is 1. The van der Waals surface area contributed by atoms with Crippen molar-refractivity contribution in [3.63, 3.8) is 0 Å². The molecule has 0 saturated heterocycles. The molecule has 0 saturated carbocycles. The highest BCUT2D eigenvalue weighted by molar-refractivity contribution is 5.73. The number of methoxy groups -OCH3 is 1. The van der Waals surface area contributed by atoms with E-state index < -0.39 is 24.1 Å². The molecule has 0 fully saturated rings. The molecule has 2 unspecified atom stereocenters. The SMILES string of the molecule is COC(C(=O)O)C(C[N+](C)(C)C)NCOC(C)=O. The lowest BCUT2D eigenvalue weighted by Gasteiger charge is -2.32. The standard InChI is InChI=1S/C11H22N2O5/c1-8(14)18-7-12-9(6-13(2,3)4)10(17-5)11(15)16/h9-10,12H,6-7H2,1-5H3/p+1. The second-order valence-corrected chi connectivity index (χ2v) is 5.06. The molecule has 0 heterocycles.